The second-order valence-electron chi connectivity index (χ2n) is 5.94. The largest absolute Gasteiger partial charge is 0.481 e. The number of rotatable bonds is 10. The molecule has 0 aromatic rings. The number of hydrogen-bond donors (Lipinski definition) is 2. The van der Waals surface area contributed by atoms with E-state index in [-0.39, 0.29) is 18.5 Å². The molecule has 0 saturated heterocycles. The molecule has 0 saturated carbocycles. The highest BCUT2D eigenvalue weighted by Gasteiger charge is 2.16. The van der Waals surface area contributed by atoms with Gasteiger partial charge in [-0.3, -0.25) is 4.79 Å². The van der Waals surface area contributed by atoms with Gasteiger partial charge in [0, 0.05) is 31.6 Å². The van der Waals surface area contributed by atoms with Crippen molar-refractivity contribution in [1.29, 1.82) is 0 Å². The summed E-state index contributed by atoms with van der Waals surface area (Å²) in [4.78, 5) is 26.5. The Morgan fingerprint density at radius 1 is 1.05 bits per heavy atom. The number of aliphatic carboxylic acids is 1. The second-order valence-corrected chi connectivity index (χ2v) is 5.94. The highest BCUT2D eigenvalue weighted by Crippen LogP contribution is 2.03. The van der Waals surface area contributed by atoms with E-state index in [1.54, 1.807) is 4.90 Å². The molecule has 0 radical (unpaired) electrons. The molecule has 2 N–H and O–H groups in total. The molecule has 0 bridgehead atoms. The van der Waals surface area contributed by atoms with E-state index in [9.17, 15) is 9.59 Å². The van der Waals surface area contributed by atoms with E-state index < -0.39 is 5.97 Å². The Bertz CT molecular complexity index is 319. The summed E-state index contributed by atoms with van der Waals surface area (Å²) in [6.07, 6.45) is 1.48. The summed E-state index contributed by atoms with van der Waals surface area (Å²) in [5, 5.41) is 11.6. The normalized spacial score (nSPS) is 11.2. The molecule has 0 spiro atoms. The van der Waals surface area contributed by atoms with Crippen LogP contribution in [0.15, 0.2) is 0 Å². The fourth-order valence-electron chi connectivity index (χ4n) is 1.88. The van der Waals surface area contributed by atoms with Crippen molar-refractivity contribution in [1.82, 2.24) is 15.1 Å². The van der Waals surface area contributed by atoms with Gasteiger partial charge in [-0.05, 0) is 54.1 Å². The lowest BCUT2D eigenvalue weighted by molar-refractivity contribution is -0.137. The molecule has 0 aliphatic rings. The maximum Gasteiger partial charge on any atom is 0.317 e. The number of urea groups is 1. The lowest BCUT2D eigenvalue weighted by atomic mass is 10.2. The third-order valence-electron chi connectivity index (χ3n) is 3.52. The average molecular weight is 301 g/mol. The Kier molecular flexibility index (Phi) is 9.78. The Balaban J connectivity index is 4.04. The molecule has 0 heterocycles. The first-order valence-corrected chi connectivity index (χ1v) is 7.72. The molecule has 21 heavy (non-hydrogen) atoms. The summed E-state index contributed by atoms with van der Waals surface area (Å²) < 4.78 is 0. The zero-order chi connectivity index (χ0) is 16.4. The highest BCUT2D eigenvalue weighted by atomic mass is 16.4. The predicted molar refractivity (Wildman–Crippen MR) is 84.5 cm³/mol. The molecule has 2 amide bonds. The van der Waals surface area contributed by atoms with Gasteiger partial charge in [0.15, 0.2) is 0 Å². The zero-order valence-electron chi connectivity index (χ0n) is 14.1. The minimum absolute atomic E-state index is 0.0668. The zero-order valence-corrected chi connectivity index (χ0v) is 14.1. The van der Waals surface area contributed by atoms with E-state index in [4.69, 9.17) is 5.11 Å². The Hall–Kier alpha value is -1.30. The number of carboxylic acids is 1. The fraction of sp³-hybridized carbons (Fsp3) is 0.867. The van der Waals surface area contributed by atoms with Crippen molar-refractivity contribution in [3.05, 3.63) is 0 Å². The summed E-state index contributed by atoms with van der Waals surface area (Å²) in [7, 11) is 2.07. The van der Waals surface area contributed by atoms with Crippen molar-refractivity contribution in [2.45, 2.75) is 59.0 Å². The lowest BCUT2D eigenvalue weighted by Gasteiger charge is -2.27. The number of carbonyl (C=O) groups excluding carboxylic acids is 1. The van der Waals surface area contributed by atoms with Crippen molar-refractivity contribution in [3.63, 3.8) is 0 Å². The molecule has 0 aromatic carbocycles. The van der Waals surface area contributed by atoms with E-state index in [0.717, 1.165) is 13.0 Å². The highest BCUT2D eigenvalue weighted by molar-refractivity contribution is 5.74. The minimum atomic E-state index is -0.823. The number of amides is 2. The summed E-state index contributed by atoms with van der Waals surface area (Å²) in [5.41, 5.74) is 0. The maximum atomic E-state index is 12.1. The molecule has 6 nitrogen and oxygen atoms in total. The predicted octanol–water partition coefficient (Wildman–Crippen LogP) is 2.00. The SMILES string of the molecule is CC(C)N(C)CCCNC(=O)N(CCCC(=O)O)C(C)C. The van der Waals surface area contributed by atoms with Gasteiger partial charge < -0.3 is 20.2 Å². The molecule has 0 fully saturated rings. The average Bonchev–Trinajstić information content (AvgIpc) is 2.38. The molecule has 0 aromatic heterocycles. The van der Waals surface area contributed by atoms with Gasteiger partial charge in [-0.15, -0.1) is 0 Å². The Morgan fingerprint density at radius 2 is 1.67 bits per heavy atom. The minimum Gasteiger partial charge on any atom is -0.481 e. The monoisotopic (exact) mass is 301 g/mol. The van der Waals surface area contributed by atoms with Gasteiger partial charge >= 0.3 is 12.0 Å². The molecule has 0 aliphatic carbocycles. The van der Waals surface area contributed by atoms with Crippen LogP contribution in [0.3, 0.4) is 0 Å². The third-order valence-corrected chi connectivity index (χ3v) is 3.52. The number of nitrogens with one attached hydrogen (secondary N) is 1. The van der Waals surface area contributed by atoms with Crippen LogP contribution in [0.4, 0.5) is 4.79 Å². The molecule has 0 atom stereocenters. The summed E-state index contributed by atoms with van der Waals surface area (Å²) in [6.45, 7) is 10.2. The van der Waals surface area contributed by atoms with E-state index >= 15 is 0 Å². The molecule has 124 valence electrons. The van der Waals surface area contributed by atoms with Crippen LogP contribution >= 0.6 is 0 Å². The van der Waals surface area contributed by atoms with E-state index in [1.807, 2.05) is 13.8 Å². The van der Waals surface area contributed by atoms with E-state index in [2.05, 4.69) is 31.1 Å². The van der Waals surface area contributed by atoms with Crippen LogP contribution in [0.25, 0.3) is 0 Å². The van der Waals surface area contributed by atoms with Gasteiger partial charge in [-0.25, -0.2) is 4.79 Å². The van der Waals surface area contributed by atoms with Crippen molar-refractivity contribution in [2.24, 2.45) is 0 Å². The van der Waals surface area contributed by atoms with Crippen molar-refractivity contribution < 1.29 is 14.7 Å². The van der Waals surface area contributed by atoms with Crippen LogP contribution < -0.4 is 5.32 Å². The second kappa shape index (κ2) is 10.4. The van der Waals surface area contributed by atoms with Crippen LogP contribution in [0, 0.1) is 0 Å². The number of carboxylic acid groups (broad SMARTS) is 1. The maximum absolute atomic E-state index is 12.1. The van der Waals surface area contributed by atoms with Gasteiger partial charge in [-0.1, -0.05) is 0 Å². The van der Waals surface area contributed by atoms with Crippen molar-refractivity contribution in [2.75, 3.05) is 26.7 Å². The van der Waals surface area contributed by atoms with Crippen LogP contribution in [0.1, 0.15) is 47.0 Å². The first kappa shape index (κ1) is 19.7. The third kappa shape index (κ3) is 9.28. The van der Waals surface area contributed by atoms with Crippen molar-refractivity contribution >= 4 is 12.0 Å². The van der Waals surface area contributed by atoms with Crippen LogP contribution in [0.5, 0.6) is 0 Å². The first-order chi connectivity index (χ1) is 9.75. The lowest BCUT2D eigenvalue weighted by Crippen LogP contribution is -2.45. The van der Waals surface area contributed by atoms with Gasteiger partial charge in [-0.2, -0.15) is 0 Å². The summed E-state index contributed by atoms with van der Waals surface area (Å²) >= 11 is 0. The van der Waals surface area contributed by atoms with E-state index in [1.165, 1.54) is 0 Å². The van der Waals surface area contributed by atoms with E-state index in [0.29, 0.717) is 25.6 Å². The molecular weight excluding hydrogens is 270 g/mol. The Labute approximate surface area is 128 Å². The van der Waals surface area contributed by atoms with Gasteiger partial charge in [0.25, 0.3) is 0 Å². The quantitative estimate of drug-likeness (QED) is 0.605. The van der Waals surface area contributed by atoms with Gasteiger partial charge in [0.1, 0.15) is 0 Å². The van der Waals surface area contributed by atoms with Gasteiger partial charge in [0.2, 0.25) is 0 Å². The Morgan fingerprint density at radius 3 is 2.14 bits per heavy atom. The molecule has 0 aliphatic heterocycles. The topological polar surface area (TPSA) is 72.9 Å². The molecular formula is C15H31N3O3. The summed E-state index contributed by atoms with van der Waals surface area (Å²) in [6, 6.07) is 0.462. The number of hydrogen-bond acceptors (Lipinski definition) is 3. The smallest absolute Gasteiger partial charge is 0.317 e. The number of nitrogens with zero attached hydrogens (tertiary/aromatic N) is 2. The van der Waals surface area contributed by atoms with Crippen LogP contribution in [-0.2, 0) is 4.79 Å². The molecule has 6 heteroatoms. The molecule has 0 rings (SSSR count). The van der Waals surface area contributed by atoms with Crippen LogP contribution in [-0.4, -0.2) is 65.7 Å². The number of carbonyl (C=O) groups is 2. The summed E-state index contributed by atoms with van der Waals surface area (Å²) in [5.74, 6) is -0.823. The first-order valence-electron chi connectivity index (χ1n) is 7.72. The molecule has 0 unspecified atom stereocenters. The standard InChI is InChI=1S/C15H31N3O3/c1-12(2)17(5)10-7-9-16-15(21)18(13(3)4)11-6-8-14(19)20/h12-13H,6-11H2,1-5H3,(H,16,21)(H,19,20). The fourth-order valence-corrected chi connectivity index (χ4v) is 1.88. The van der Waals surface area contributed by atoms with Gasteiger partial charge in [0.05, 0.1) is 0 Å². The van der Waals surface area contributed by atoms with Crippen LogP contribution in [0.2, 0.25) is 0 Å². The van der Waals surface area contributed by atoms with Crippen molar-refractivity contribution in [3.8, 4) is 0 Å².